The molecular formula is C28H31F3N8O2. The average Bonchev–Trinajstić information content (AvgIpc) is 3.36. The van der Waals surface area contributed by atoms with Crippen LogP contribution in [0.5, 0.6) is 0 Å². The number of aromatic amines is 1. The molecule has 4 heterocycles. The first kappa shape index (κ1) is 26.0. The smallest absolute Gasteiger partial charge is 0.365 e. The third kappa shape index (κ3) is 4.74. The summed E-state index contributed by atoms with van der Waals surface area (Å²) in [4.78, 5) is 31.1. The van der Waals surface area contributed by atoms with Crippen molar-refractivity contribution in [3.05, 3.63) is 45.9 Å². The van der Waals surface area contributed by atoms with Crippen molar-refractivity contribution in [2.45, 2.75) is 82.6 Å². The van der Waals surface area contributed by atoms with E-state index in [1.165, 1.54) is 18.6 Å². The highest BCUT2D eigenvalue weighted by molar-refractivity contribution is 5.88. The van der Waals surface area contributed by atoms with E-state index in [-0.39, 0.29) is 23.2 Å². The molecule has 41 heavy (non-hydrogen) atoms. The molecule has 7 rings (SSSR count). The van der Waals surface area contributed by atoms with E-state index in [0.29, 0.717) is 35.0 Å². The number of imidazole rings is 1. The number of nitrogens with one attached hydrogen (secondary N) is 2. The zero-order chi connectivity index (χ0) is 28.4. The average molecular weight is 569 g/mol. The van der Waals surface area contributed by atoms with Crippen LogP contribution in [0.15, 0.2) is 33.6 Å². The van der Waals surface area contributed by atoms with E-state index in [4.69, 9.17) is 14.5 Å². The third-order valence-electron chi connectivity index (χ3n) is 8.99. The fraction of sp³-hybridized carbons (Fsp3) is 0.536. The Morgan fingerprint density at radius 3 is 2.51 bits per heavy atom. The summed E-state index contributed by atoms with van der Waals surface area (Å²) in [5, 5.41) is 7.37. The molecule has 1 spiro atoms. The molecule has 10 nitrogen and oxygen atoms in total. The normalized spacial score (nSPS) is 19.5. The largest absolute Gasteiger partial charge is 0.439 e. The summed E-state index contributed by atoms with van der Waals surface area (Å²) in [6.45, 7) is 3.26. The zero-order valence-corrected chi connectivity index (χ0v) is 22.7. The van der Waals surface area contributed by atoms with Crippen LogP contribution in [0, 0.1) is 5.92 Å². The van der Waals surface area contributed by atoms with Gasteiger partial charge in [-0.25, -0.2) is 14.8 Å². The Balaban J connectivity index is 1.39. The van der Waals surface area contributed by atoms with Gasteiger partial charge >= 0.3 is 11.9 Å². The molecule has 2 N–H and O–H groups in total. The van der Waals surface area contributed by atoms with Crippen LogP contribution in [0.2, 0.25) is 0 Å². The monoisotopic (exact) mass is 568 g/mol. The molecular weight excluding hydrogens is 537 g/mol. The van der Waals surface area contributed by atoms with Gasteiger partial charge in [0.1, 0.15) is 5.52 Å². The van der Waals surface area contributed by atoms with Gasteiger partial charge in [-0.3, -0.25) is 9.51 Å². The highest BCUT2D eigenvalue weighted by atomic mass is 19.4. The van der Waals surface area contributed by atoms with Gasteiger partial charge in [-0.1, -0.05) is 23.7 Å². The standard InChI is InChI=1S/C28H31F3N8O2/c1-16(18-5-4-6-18)32-21-20-22(34-23(33-21)24-36-26(40)41-37-24)35-25(39-14-3-2-11-27(39)12-13-27)38(20)15-17-7-9-19(10-8-17)28(29,30)31/h7-10,16,18H,2-6,11-15H2,1H3,(H,32,33,34)(H,36,37,40)/t16-/m1/s1. The third-order valence-corrected chi connectivity index (χ3v) is 8.99. The number of benzene rings is 1. The van der Waals surface area contributed by atoms with E-state index in [0.717, 1.165) is 69.6 Å². The lowest BCUT2D eigenvalue weighted by atomic mass is 9.80. The number of piperidine rings is 1. The van der Waals surface area contributed by atoms with Crippen molar-refractivity contribution < 1.29 is 17.7 Å². The summed E-state index contributed by atoms with van der Waals surface area (Å²) in [6, 6.07) is 5.38. The minimum absolute atomic E-state index is 0.0535. The number of hydrogen-bond acceptors (Lipinski definition) is 8. The summed E-state index contributed by atoms with van der Waals surface area (Å²) in [7, 11) is 0. The van der Waals surface area contributed by atoms with E-state index < -0.39 is 17.5 Å². The lowest BCUT2D eigenvalue weighted by Gasteiger charge is -2.37. The fourth-order valence-corrected chi connectivity index (χ4v) is 6.24. The summed E-state index contributed by atoms with van der Waals surface area (Å²) in [5.74, 6) is 1.35. The lowest BCUT2D eigenvalue weighted by molar-refractivity contribution is -0.137. The SMILES string of the molecule is C[C@@H](Nc1nc(-c2noc(=O)[nH]2)nc2nc(N3CCCCC34CC4)n(Cc3ccc(C(F)(F)F)cc3)c12)C1CCC1. The fourth-order valence-electron chi connectivity index (χ4n) is 6.24. The second-order valence-corrected chi connectivity index (χ2v) is 11.7. The van der Waals surface area contributed by atoms with E-state index >= 15 is 0 Å². The van der Waals surface area contributed by atoms with Crippen LogP contribution in [0.3, 0.4) is 0 Å². The van der Waals surface area contributed by atoms with Gasteiger partial charge < -0.3 is 14.8 Å². The molecule has 4 aromatic rings. The first-order valence-electron chi connectivity index (χ1n) is 14.3. The number of rotatable bonds is 7. The van der Waals surface area contributed by atoms with Crippen molar-refractivity contribution in [3.8, 4) is 11.6 Å². The molecule has 216 valence electrons. The molecule has 1 atom stereocenters. The molecule has 0 unspecified atom stereocenters. The van der Waals surface area contributed by atoms with Crippen LogP contribution in [0.4, 0.5) is 24.9 Å². The van der Waals surface area contributed by atoms with Crippen molar-refractivity contribution >= 4 is 22.9 Å². The van der Waals surface area contributed by atoms with Gasteiger partial charge in [0.05, 0.1) is 12.1 Å². The molecule has 1 aromatic carbocycles. The Bertz CT molecular complexity index is 1630. The predicted molar refractivity (Wildman–Crippen MR) is 146 cm³/mol. The van der Waals surface area contributed by atoms with Crippen LogP contribution in [-0.2, 0) is 12.7 Å². The maximum atomic E-state index is 13.3. The summed E-state index contributed by atoms with van der Waals surface area (Å²) >= 11 is 0. The van der Waals surface area contributed by atoms with Crippen molar-refractivity contribution in [1.82, 2.24) is 29.7 Å². The summed E-state index contributed by atoms with van der Waals surface area (Å²) < 4.78 is 46.6. The maximum Gasteiger partial charge on any atom is 0.439 e. The predicted octanol–water partition coefficient (Wildman–Crippen LogP) is 5.36. The molecule has 13 heteroatoms. The minimum Gasteiger partial charge on any atom is -0.365 e. The molecule has 0 radical (unpaired) electrons. The molecule has 3 fully saturated rings. The molecule has 3 aliphatic rings. The molecule has 3 aromatic heterocycles. The van der Waals surface area contributed by atoms with Crippen LogP contribution in [0.1, 0.15) is 69.4 Å². The maximum absolute atomic E-state index is 13.3. The van der Waals surface area contributed by atoms with Crippen LogP contribution in [0.25, 0.3) is 22.8 Å². The van der Waals surface area contributed by atoms with Gasteiger partial charge in [0.2, 0.25) is 17.6 Å². The molecule has 0 amide bonds. The second kappa shape index (κ2) is 9.59. The Hall–Kier alpha value is -3.90. The number of halogens is 3. The highest BCUT2D eigenvalue weighted by Gasteiger charge is 2.50. The topological polar surface area (TPSA) is 118 Å². The first-order chi connectivity index (χ1) is 19.7. The van der Waals surface area contributed by atoms with Gasteiger partial charge in [0, 0.05) is 18.1 Å². The van der Waals surface area contributed by atoms with Gasteiger partial charge in [-0.2, -0.15) is 18.2 Å². The quantitative estimate of drug-likeness (QED) is 0.306. The Morgan fingerprint density at radius 2 is 1.88 bits per heavy atom. The molecule has 0 bridgehead atoms. The Kier molecular flexibility index (Phi) is 6.09. The number of aromatic nitrogens is 6. The number of nitrogens with zero attached hydrogens (tertiary/aromatic N) is 6. The second-order valence-electron chi connectivity index (χ2n) is 11.7. The van der Waals surface area contributed by atoms with E-state index in [1.54, 1.807) is 0 Å². The number of H-pyrrole nitrogens is 1. The van der Waals surface area contributed by atoms with E-state index in [1.807, 2.05) is 4.57 Å². The van der Waals surface area contributed by atoms with E-state index in [9.17, 15) is 18.0 Å². The van der Waals surface area contributed by atoms with Gasteiger partial charge in [0.15, 0.2) is 11.5 Å². The minimum atomic E-state index is -4.40. The van der Waals surface area contributed by atoms with Gasteiger partial charge in [-0.05, 0) is 75.5 Å². The molecule has 2 saturated carbocycles. The van der Waals surface area contributed by atoms with Crippen molar-refractivity contribution in [1.29, 1.82) is 0 Å². The Morgan fingerprint density at radius 1 is 1.10 bits per heavy atom. The number of hydrogen-bond donors (Lipinski definition) is 2. The number of anilines is 2. The summed E-state index contributed by atoms with van der Waals surface area (Å²) in [5.41, 5.74) is 1.17. The van der Waals surface area contributed by atoms with Crippen molar-refractivity contribution in [2.24, 2.45) is 5.92 Å². The lowest BCUT2D eigenvalue weighted by Crippen LogP contribution is -2.43. The van der Waals surface area contributed by atoms with Crippen molar-refractivity contribution in [2.75, 3.05) is 16.8 Å². The Labute approximate surface area is 233 Å². The van der Waals surface area contributed by atoms with Crippen LogP contribution < -0.4 is 16.0 Å². The highest BCUT2D eigenvalue weighted by Crippen LogP contribution is 2.50. The summed E-state index contributed by atoms with van der Waals surface area (Å²) in [6.07, 6.45) is 4.46. The molecule has 1 saturated heterocycles. The van der Waals surface area contributed by atoms with Crippen LogP contribution >= 0.6 is 0 Å². The number of fused-ring (bicyclic) bond motifs is 1. The van der Waals surface area contributed by atoms with Gasteiger partial charge in [-0.15, -0.1) is 0 Å². The van der Waals surface area contributed by atoms with Gasteiger partial charge in [0.25, 0.3) is 0 Å². The molecule has 2 aliphatic carbocycles. The van der Waals surface area contributed by atoms with Crippen molar-refractivity contribution in [3.63, 3.8) is 0 Å². The van der Waals surface area contributed by atoms with E-state index in [2.05, 4.69) is 32.3 Å². The molecule has 1 aliphatic heterocycles. The number of alkyl halides is 3. The zero-order valence-electron chi connectivity index (χ0n) is 22.7. The van der Waals surface area contributed by atoms with Crippen LogP contribution in [-0.4, -0.2) is 47.8 Å². The first-order valence-corrected chi connectivity index (χ1v) is 14.3.